The summed E-state index contributed by atoms with van der Waals surface area (Å²) in [6.45, 7) is 3.42. The quantitative estimate of drug-likeness (QED) is 0.352. The first kappa shape index (κ1) is 28.6. The minimum Gasteiger partial charge on any atom is -0.389 e. The van der Waals surface area contributed by atoms with Gasteiger partial charge < -0.3 is 15.5 Å². The fraction of sp³-hybridized carbons (Fsp3) is 0.450. The number of amides is 1. The summed E-state index contributed by atoms with van der Waals surface area (Å²) in [7, 11) is 0. The van der Waals surface area contributed by atoms with E-state index in [4.69, 9.17) is 0 Å². The van der Waals surface area contributed by atoms with Crippen LogP contribution in [0.15, 0.2) is 18.2 Å². The van der Waals surface area contributed by atoms with E-state index in [1.807, 2.05) is 0 Å². The zero-order valence-electron chi connectivity index (χ0n) is 18.1. The van der Waals surface area contributed by atoms with Gasteiger partial charge in [-0.15, -0.1) is 11.3 Å². The highest BCUT2D eigenvalue weighted by Gasteiger charge is 2.71. The van der Waals surface area contributed by atoms with Crippen molar-refractivity contribution in [3.8, 4) is 10.4 Å². The number of rotatable bonds is 7. The number of hydrogen-bond acceptors (Lipinski definition) is 6. The van der Waals surface area contributed by atoms with Crippen molar-refractivity contribution in [3.63, 3.8) is 0 Å². The van der Waals surface area contributed by atoms with Crippen molar-refractivity contribution in [2.75, 3.05) is 6.54 Å². The summed E-state index contributed by atoms with van der Waals surface area (Å²) in [6.07, 6.45) is -16.2. The van der Waals surface area contributed by atoms with Crippen LogP contribution in [0.1, 0.15) is 58.6 Å². The number of Topliss-reactive ketones (excluding diaryl/α,β-unsaturated/α-hetero) is 1. The number of ketones is 1. The number of carbonyl (C=O) groups excluding carboxylic acids is 2. The number of nitrogens with one attached hydrogen (secondary N) is 1. The van der Waals surface area contributed by atoms with Gasteiger partial charge in [0.1, 0.15) is 5.69 Å². The molecule has 1 aromatic carbocycles. The Hall–Kier alpha value is -2.65. The van der Waals surface area contributed by atoms with E-state index in [0.717, 1.165) is 6.92 Å². The zero-order valence-corrected chi connectivity index (χ0v) is 18.9. The number of benzene rings is 1. The Morgan fingerprint density at radius 2 is 1.60 bits per heavy atom. The molecule has 2 aromatic rings. The minimum absolute atomic E-state index is 0.153. The van der Waals surface area contributed by atoms with Gasteiger partial charge in [-0.1, -0.05) is 12.1 Å². The highest BCUT2D eigenvalue weighted by molar-refractivity contribution is 7.17. The Labute approximate surface area is 196 Å². The van der Waals surface area contributed by atoms with Gasteiger partial charge in [0.25, 0.3) is 17.9 Å². The van der Waals surface area contributed by atoms with E-state index in [2.05, 4.69) is 10.3 Å². The lowest BCUT2D eigenvalue weighted by atomic mass is 9.89. The molecule has 0 bridgehead atoms. The topological polar surface area (TPSA) is 99.5 Å². The first-order chi connectivity index (χ1) is 15.7. The van der Waals surface area contributed by atoms with Crippen LogP contribution >= 0.6 is 11.3 Å². The van der Waals surface area contributed by atoms with Crippen molar-refractivity contribution in [2.45, 2.75) is 50.8 Å². The average molecular weight is 534 g/mol. The van der Waals surface area contributed by atoms with Gasteiger partial charge in [-0.2, -0.15) is 26.3 Å². The maximum Gasteiger partial charge on any atom is 0.430 e. The lowest BCUT2D eigenvalue weighted by molar-refractivity contribution is -0.376. The van der Waals surface area contributed by atoms with Crippen LogP contribution in [0.25, 0.3) is 10.4 Å². The SMILES string of the molecule is CC(=O)c1nc(C(=O)NCC(C)(C)O)sc1-c1ccc(C(O)(C(F)(F)F)C(F)(F)F)cc1C(F)F. The second-order valence-electron chi connectivity index (χ2n) is 8.06. The Balaban J connectivity index is 2.70. The number of hydrogen-bond donors (Lipinski definition) is 3. The van der Waals surface area contributed by atoms with Crippen LogP contribution in [-0.2, 0) is 5.60 Å². The van der Waals surface area contributed by atoms with Crippen LogP contribution in [0.3, 0.4) is 0 Å². The number of carbonyl (C=O) groups is 2. The van der Waals surface area contributed by atoms with Gasteiger partial charge >= 0.3 is 12.4 Å². The summed E-state index contributed by atoms with van der Waals surface area (Å²) in [5, 5.41) is 21.1. The average Bonchev–Trinajstić information content (AvgIpc) is 3.14. The summed E-state index contributed by atoms with van der Waals surface area (Å²) in [4.78, 5) is 27.7. The second kappa shape index (κ2) is 9.43. The summed E-state index contributed by atoms with van der Waals surface area (Å²) in [5.41, 5.74) is -11.2. The van der Waals surface area contributed by atoms with E-state index in [-0.39, 0.29) is 18.7 Å². The van der Waals surface area contributed by atoms with Crippen LogP contribution in [-0.4, -0.2) is 51.4 Å². The molecule has 1 aromatic heterocycles. The van der Waals surface area contributed by atoms with Crippen molar-refractivity contribution in [1.29, 1.82) is 0 Å². The highest BCUT2D eigenvalue weighted by Crippen LogP contribution is 2.51. The molecule has 194 valence electrons. The Morgan fingerprint density at radius 3 is 2.03 bits per heavy atom. The van der Waals surface area contributed by atoms with Crippen LogP contribution in [0, 0.1) is 0 Å². The molecule has 1 heterocycles. The molecule has 1 amide bonds. The van der Waals surface area contributed by atoms with Gasteiger partial charge in [-0.05, 0) is 19.9 Å². The lowest BCUT2D eigenvalue weighted by Gasteiger charge is -2.33. The van der Waals surface area contributed by atoms with Crippen molar-refractivity contribution in [3.05, 3.63) is 40.0 Å². The number of aliphatic hydroxyl groups is 2. The Bertz CT molecular complexity index is 1110. The number of alkyl halides is 8. The van der Waals surface area contributed by atoms with Gasteiger partial charge in [0.15, 0.2) is 10.8 Å². The minimum atomic E-state index is -6.30. The Kier molecular flexibility index (Phi) is 7.70. The first-order valence-electron chi connectivity index (χ1n) is 9.52. The van der Waals surface area contributed by atoms with Gasteiger partial charge in [-0.25, -0.2) is 13.8 Å². The van der Waals surface area contributed by atoms with E-state index >= 15 is 0 Å². The fourth-order valence-corrected chi connectivity index (χ4v) is 3.95. The molecule has 3 N–H and O–H groups in total. The molecule has 6 nitrogen and oxygen atoms in total. The fourth-order valence-electron chi connectivity index (χ4n) is 2.87. The molecule has 0 unspecified atom stereocenters. The molecule has 0 aliphatic heterocycles. The smallest absolute Gasteiger partial charge is 0.389 e. The molecule has 2 rings (SSSR count). The second-order valence-corrected chi connectivity index (χ2v) is 9.06. The summed E-state index contributed by atoms with van der Waals surface area (Å²) >= 11 is 0.390. The normalized spacial score (nSPS) is 13.3. The Morgan fingerprint density at radius 1 is 1.06 bits per heavy atom. The molecule has 0 saturated carbocycles. The lowest BCUT2D eigenvalue weighted by Crippen LogP contribution is -2.54. The van der Waals surface area contributed by atoms with E-state index in [1.54, 1.807) is 0 Å². The standard InChI is InChI=1S/C20H18F8N2O4S/c1-8(31)12-13(35-16(30-12)15(32)29-7-17(2,3)33)10-5-4-9(6-11(10)14(21)22)18(34,19(23,24)25)20(26,27)28/h4-6,14,33-34H,7H2,1-3H3,(H,29,32). The molecule has 0 spiro atoms. The monoisotopic (exact) mass is 534 g/mol. The van der Waals surface area contributed by atoms with E-state index < -0.39 is 73.9 Å². The van der Waals surface area contributed by atoms with Crippen molar-refractivity contribution in [1.82, 2.24) is 10.3 Å². The predicted molar refractivity (Wildman–Crippen MR) is 107 cm³/mol. The summed E-state index contributed by atoms with van der Waals surface area (Å²) in [5.74, 6) is -1.74. The maximum atomic E-state index is 13.8. The summed E-state index contributed by atoms with van der Waals surface area (Å²) in [6, 6.07) is 0.455. The van der Waals surface area contributed by atoms with Crippen LogP contribution < -0.4 is 5.32 Å². The summed E-state index contributed by atoms with van der Waals surface area (Å²) < 4.78 is 107. The molecule has 0 atom stereocenters. The number of thiazole rings is 1. The third-order valence-electron chi connectivity index (χ3n) is 4.61. The highest BCUT2D eigenvalue weighted by atomic mass is 32.1. The molecular weight excluding hydrogens is 516 g/mol. The van der Waals surface area contributed by atoms with Crippen molar-refractivity contribution >= 4 is 23.0 Å². The van der Waals surface area contributed by atoms with Gasteiger partial charge in [0, 0.05) is 30.2 Å². The molecule has 0 saturated heterocycles. The van der Waals surface area contributed by atoms with Crippen LogP contribution in [0.2, 0.25) is 0 Å². The third kappa shape index (κ3) is 5.78. The predicted octanol–water partition coefficient (Wildman–Crippen LogP) is 4.76. The van der Waals surface area contributed by atoms with Gasteiger partial charge in [-0.3, -0.25) is 9.59 Å². The number of nitrogens with zero attached hydrogens (tertiary/aromatic N) is 1. The maximum absolute atomic E-state index is 13.8. The molecule has 0 aliphatic carbocycles. The molecule has 0 fully saturated rings. The van der Waals surface area contributed by atoms with Crippen molar-refractivity contribution in [2.24, 2.45) is 0 Å². The van der Waals surface area contributed by atoms with E-state index in [1.165, 1.54) is 13.8 Å². The van der Waals surface area contributed by atoms with Gasteiger partial charge in [0.05, 0.1) is 10.5 Å². The number of aromatic nitrogens is 1. The largest absolute Gasteiger partial charge is 0.430 e. The molecule has 0 aliphatic rings. The first-order valence-corrected chi connectivity index (χ1v) is 10.3. The van der Waals surface area contributed by atoms with Crippen LogP contribution in [0.5, 0.6) is 0 Å². The van der Waals surface area contributed by atoms with Gasteiger partial charge in [0.2, 0.25) is 0 Å². The number of halogens is 8. The van der Waals surface area contributed by atoms with Crippen molar-refractivity contribution < 1.29 is 54.9 Å². The van der Waals surface area contributed by atoms with E-state index in [9.17, 15) is 54.9 Å². The molecule has 15 heteroatoms. The molecule has 0 radical (unpaired) electrons. The zero-order chi connectivity index (χ0) is 27.1. The molecular formula is C20H18F8N2O4S. The van der Waals surface area contributed by atoms with Crippen LogP contribution in [0.4, 0.5) is 35.1 Å². The third-order valence-corrected chi connectivity index (χ3v) is 5.69. The van der Waals surface area contributed by atoms with E-state index in [0.29, 0.717) is 17.4 Å². The molecule has 35 heavy (non-hydrogen) atoms.